The van der Waals surface area contributed by atoms with Crippen LogP contribution < -0.4 is 5.32 Å². The molecular formula is C26H35N3O2. The summed E-state index contributed by atoms with van der Waals surface area (Å²) in [6.07, 6.45) is 1.67. The molecule has 2 fully saturated rings. The van der Waals surface area contributed by atoms with Crippen LogP contribution in [0.4, 0.5) is 4.79 Å². The second-order valence-electron chi connectivity index (χ2n) is 9.79. The van der Waals surface area contributed by atoms with Crippen LogP contribution in [0.3, 0.4) is 0 Å². The van der Waals surface area contributed by atoms with E-state index in [9.17, 15) is 4.79 Å². The van der Waals surface area contributed by atoms with Crippen LogP contribution in [0.5, 0.6) is 0 Å². The number of likely N-dealkylation sites (tertiary alicyclic amines) is 2. The maximum atomic E-state index is 12.0. The molecule has 2 heterocycles. The molecule has 0 aromatic heterocycles. The van der Waals surface area contributed by atoms with E-state index in [1.54, 1.807) is 0 Å². The van der Waals surface area contributed by atoms with Crippen LogP contribution in [0.25, 0.3) is 0 Å². The largest absolute Gasteiger partial charge is 0.444 e. The number of hydrogen-bond acceptors (Lipinski definition) is 4. The number of carbonyl (C=O) groups is 1. The number of alkyl carbamates (subject to hydrolysis) is 1. The lowest BCUT2D eigenvalue weighted by Gasteiger charge is -2.50. The van der Waals surface area contributed by atoms with E-state index >= 15 is 0 Å². The normalized spacial score (nSPS) is 19.2. The second kappa shape index (κ2) is 9.41. The number of nitrogens with zero attached hydrogens (tertiary/aromatic N) is 2. The van der Waals surface area contributed by atoms with E-state index in [0.29, 0.717) is 12.1 Å². The Morgan fingerprint density at radius 1 is 0.935 bits per heavy atom. The Labute approximate surface area is 186 Å². The standard InChI is InChI=1S/C26H35N3O2/c1-26(2,3)31-25(30)27-22-14-16-28(17-15-22)23-18-29(19-23)24(20-10-6-4-7-11-20)21-12-8-5-9-13-21/h4-13,22-24H,14-19H2,1-3H3,(H,27,30). The van der Waals surface area contributed by atoms with E-state index < -0.39 is 5.60 Å². The van der Waals surface area contributed by atoms with Crippen LogP contribution in [0.1, 0.15) is 50.8 Å². The Bertz CT molecular complexity index is 796. The first kappa shape index (κ1) is 21.8. The van der Waals surface area contributed by atoms with Gasteiger partial charge in [0.1, 0.15) is 5.60 Å². The molecule has 2 aliphatic heterocycles. The summed E-state index contributed by atoms with van der Waals surface area (Å²) < 4.78 is 5.40. The minimum atomic E-state index is -0.450. The molecule has 2 aromatic carbocycles. The van der Waals surface area contributed by atoms with E-state index in [0.717, 1.165) is 39.0 Å². The van der Waals surface area contributed by atoms with Crippen molar-refractivity contribution in [2.45, 2.75) is 57.3 Å². The number of piperidine rings is 1. The first-order valence-electron chi connectivity index (χ1n) is 11.5. The average Bonchev–Trinajstić information content (AvgIpc) is 2.71. The zero-order valence-electron chi connectivity index (χ0n) is 19.0. The Balaban J connectivity index is 1.30. The minimum absolute atomic E-state index is 0.212. The van der Waals surface area contributed by atoms with Crippen LogP contribution >= 0.6 is 0 Å². The third-order valence-corrected chi connectivity index (χ3v) is 6.25. The van der Waals surface area contributed by atoms with Gasteiger partial charge in [-0.2, -0.15) is 0 Å². The fraction of sp³-hybridized carbons (Fsp3) is 0.500. The van der Waals surface area contributed by atoms with Crippen molar-refractivity contribution in [3.8, 4) is 0 Å². The summed E-state index contributed by atoms with van der Waals surface area (Å²) in [5.74, 6) is 0. The molecule has 0 unspecified atom stereocenters. The lowest BCUT2D eigenvalue weighted by molar-refractivity contribution is -0.000184. The van der Waals surface area contributed by atoms with Gasteiger partial charge in [-0.05, 0) is 44.7 Å². The third-order valence-electron chi connectivity index (χ3n) is 6.25. The number of rotatable bonds is 5. The van der Waals surface area contributed by atoms with Crippen molar-refractivity contribution in [3.05, 3.63) is 71.8 Å². The Morgan fingerprint density at radius 3 is 1.94 bits per heavy atom. The highest BCUT2D eigenvalue weighted by molar-refractivity contribution is 5.68. The molecule has 2 aliphatic rings. The van der Waals surface area contributed by atoms with Gasteiger partial charge < -0.3 is 10.1 Å². The molecule has 2 saturated heterocycles. The summed E-state index contributed by atoms with van der Waals surface area (Å²) >= 11 is 0. The highest BCUT2D eigenvalue weighted by Gasteiger charge is 2.38. The van der Waals surface area contributed by atoms with Crippen molar-refractivity contribution in [2.75, 3.05) is 26.2 Å². The Kier molecular flexibility index (Phi) is 6.63. The highest BCUT2D eigenvalue weighted by Crippen LogP contribution is 2.34. The van der Waals surface area contributed by atoms with Gasteiger partial charge in [0, 0.05) is 38.3 Å². The summed E-state index contributed by atoms with van der Waals surface area (Å²) in [4.78, 5) is 17.2. The van der Waals surface area contributed by atoms with Crippen molar-refractivity contribution in [1.29, 1.82) is 0 Å². The summed E-state index contributed by atoms with van der Waals surface area (Å²) in [6.45, 7) is 9.92. The van der Waals surface area contributed by atoms with Crippen molar-refractivity contribution < 1.29 is 9.53 Å². The SMILES string of the molecule is CC(C)(C)OC(=O)NC1CCN(C2CN(C(c3ccccc3)c3ccccc3)C2)CC1. The quantitative estimate of drug-likeness (QED) is 0.775. The van der Waals surface area contributed by atoms with Gasteiger partial charge in [0.25, 0.3) is 0 Å². The second-order valence-corrected chi connectivity index (χ2v) is 9.79. The molecule has 1 N–H and O–H groups in total. The maximum Gasteiger partial charge on any atom is 0.407 e. The van der Waals surface area contributed by atoms with Crippen molar-refractivity contribution in [2.24, 2.45) is 0 Å². The van der Waals surface area contributed by atoms with Gasteiger partial charge in [0.2, 0.25) is 0 Å². The van der Waals surface area contributed by atoms with E-state index in [1.165, 1.54) is 11.1 Å². The van der Waals surface area contributed by atoms with Gasteiger partial charge in [0.15, 0.2) is 0 Å². The topological polar surface area (TPSA) is 44.8 Å². The van der Waals surface area contributed by atoms with Crippen LogP contribution in [-0.2, 0) is 4.74 Å². The predicted molar refractivity (Wildman–Crippen MR) is 124 cm³/mol. The molecule has 5 heteroatoms. The molecule has 0 radical (unpaired) electrons. The number of amides is 1. The monoisotopic (exact) mass is 421 g/mol. The molecule has 31 heavy (non-hydrogen) atoms. The molecule has 0 bridgehead atoms. The molecule has 0 spiro atoms. The lowest BCUT2D eigenvalue weighted by atomic mass is 9.91. The predicted octanol–water partition coefficient (Wildman–Crippen LogP) is 4.45. The summed E-state index contributed by atoms with van der Waals surface area (Å²) in [7, 11) is 0. The van der Waals surface area contributed by atoms with Crippen molar-refractivity contribution >= 4 is 6.09 Å². The highest BCUT2D eigenvalue weighted by atomic mass is 16.6. The van der Waals surface area contributed by atoms with Crippen LogP contribution in [-0.4, -0.2) is 59.8 Å². The zero-order valence-corrected chi connectivity index (χ0v) is 19.0. The van der Waals surface area contributed by atoms with E-state index in [2.05, 4.69) is 75.8 Å². The Hall–Kier alpha value is -2.37. The fourth-order valence-electron chi connectivity index (χ4n) is 4.70. The van der Waals surface area contributed by atoms with E-state index in [1.807, 2.05) is 20.8 Å². The number of hydrogen-bond donors (Lipinski definition) is 1. The molecule has 0 atom stereocenters. The van der Waals surface area contributed by atoms with Crippen LogP contribution in [0.15, 0.2) is 60.7 Å². The van der Waals surface area contributed by atoms with Crippen LogP contribution in [0, 0.1) is 0 Å². The molecular weight excluding hydrogens is 386 g/mol. The number of benzene rings is 2. The van der Waals surface area contributed by atoms with Crippen molar-refractivity contribution in [1.82, 2.24) is 15.1 Å². The first-order valence-corrected chi connectivity index (χ1v) is 11.5. The molecule has 4 rings (SSSR count). The average molecular weight is 422 g/mol. The van der Waals surface area contributed by atoms with Gasteiger partial charge in [-0.1, -0.05) is 60.7 Å². The number of nitrogens with one attached hydrogen (secondary N) is 1. The zero-order chi connectivity index (χ0) is 21.8. The molecule has 5 nitrogen and oxygen atoms in total. The summed E-state index contributed by atoms with van der Waals surface area (Å²) in [6, 6.07) is 22.7. The Morgan fingerprint density at radius 2 is 1.45 bits per heavy atom. The molecule has 0 saturated carbocycles. The van der Waals surface area contributed by atoms with Gasteiger partial charge >= 0.3 is 6.09 Å². The lowest BCUT2D eigenvalue weighted by Crippen LogP contribution is -2.62. The maximum absolute atomic E-state index is 12.0. The van der Waals surface area contributed by atoms with Gasteiger partial charge in [0.05, 0.1) is 6.04 Å². The molecule has 0 aliphatic carbocycles. The van der Waals surface area contributed by atoms with E-state index in [-0.39, 0.29) is 12.1 Å². The summed E-state index contributed by atoms with van der Waals surface area (Å²) in [5, 5.41) is 3.04. The van der Waals surface area contributed by atoms with Crippen molar-refractivity contribution in [3.63, 3.8) is 0 Å². The van der Waals surface area contributed by atoms with Gasteiger partial charge in [-0.25, -0.2) is 4.79 Å². The number of ether oxygens (including phenoxy) is 1. The molecule has 166 valence electrons. The summed E-state index contributed by atoms with van der Waals surface area (Å²) in [5.41, 5.74) is 2.26. The smallest absolute Gasteiger partial charge is 0.407 e. The first-order chi connectivity index (χ1) is 14.9. The fourth-order valence-corrected chi connectivity index (χ4v) is 4.70. The minimum Gasteiger partial charge on any atom is -0.444 e. The number of carbonyl (C=O) groups excluding carboxylic acids is 1. The van der Waals surface area contributed by atoms with Gasteiger partial charge in [-0.15, -0.1) is 0 Å². The van der Waals surface area contributed by atoms with E-state index in [4.69, 9.17) is 4.74 Å². The van der Waals surface area contributed by atoms with Crippen LogP contribution in [0.2, 0.25) is 0 Å². The third kappa shape index (κ3) is 5.66. The van der Waals surface area contributed by atoms with Gasteiger partial charge in [-0.3, -0.25) is 9.80 Å². The molecule has 2 aromatic rings. The molecule has 1 amide bonds.